The quantitative estimate of drug-likeness (QED) is 0.795. The van der Waals surface area contributed by atoms with E-state index in [1.54, 1.807) is 14.2 Å². The van der Waals surface area contributed by atoms with E-state index >= 15 is 0 Å². The van der Waals surface area contributed by atoms with Crippen LogP contribution in [0.4, 0.5) is 0 Å². The van der Waals surface area contributed by atoms with Gasteiger partial charge in [-0.25, -0.2) is 0 Å². The van der Waals surface area contributed by atoms with E-state index in [9.17, 15) is 4.21 Å². The zero-order valence-electron chi connectivity index (χ0n) is 12.1. The lowest BCUT2D eigenvalue weighted by Crippen LogP contribution is -2.24. The summed E-state index contributed by atoms with van der Waals surface area (Å²) in [4.78, 5) is 0. The van der Waals surface area contributed by atoms with Crippen LogP contribution in [0.1, 0.15) is 24.9 Å². The van der Waals surface area contributed by atoms with Crippen LogP contribution in [0.3, 0.4) is 0 Å². The van der Waals surface area contributed by atoms with Gasteiger partial charge in [-0.15, -0.1) is 0 Å². The van der Waals surface area contributed by atoms with E-state index in [-0.39, 0.29) is 6.04 Å². The first-order chi connectivity index (χ1) is 9.15. The number of rotatable bonds is 8. The highest BCUT2D eigenvalue weighted by Crippen LogP contribution is 2.29. The van der Waals surface area contributed by atoms with Crippen molar-refractivity contribution < 1.29 is 13.7 Å². The lowest BCUT2D eigenvalue weighted by atomic mass is 10.1. The molecule has 0 aliphatic rings. The molecule has 0 heterocycles. The Labute approximate surface area is 118 Å². The Morgan fingerprint density at radius 2 is 2.05 bits per heavy atom. The predicted octanol–water partition coefficient (Wildman–Crippen LogP) is 2.12. The Hall–Kier alpha value is -1.07. The van der Waals surface area contributed by atoms with Gasteiger partial charge in [-0.1, -0.05) is 6.92 Å². The lowest BCUT2D eigenvalue weighted by Gasteiger charge is -2.19. The molecule has 0 saturated carbocycles. The third kappa shape index (κ3) is 4.51. The molecule has 0 aliphatic carbocycles. The van der Waals surface area contributed by atoms with Crippen LogP contribution in [0.25, 0.3) is 0 Å². The maximum atomic E-state index is 11.9. The summed E-state index contributed by atoms with van der Waals surface area (Å²) in [5.41, 5.74) is 0.980. The van der Waals surface area contributed by atoms with Gasteiger partial charge in [0.05, 0.1) is 14.2 Å². The Bertz CT molecular complexity index is 423. The van der Waals surface area contributed by atoms with Gasteiger partial charge in [0.25, 0.3) is 0 Å². The fourth-order valence-corrected chi connectivity index (χ4v) is 3.28. The molecule has 0 aliphatic heterocycles. The van der Waals surface area contributed by atoms with Crippen molar-refractivity contribution in [3.63, 3.8) is 0 Å². The number of nitrogens with one attached hydrogen (secondary N) is 1. The Morgan fingerprint density at radius 3 is 2.58 bits per heavy atom. The van der Waals surface area contributed by atoms with Crippen molar-refractivity contribution in [2.24, 2.45) is 0 Å². The van der Waals surface area contributed by atoms with Gasteiger partial charge in [0.15, 0.2) is 0 Å². The molecule has 0 radical (unpaired) electrons. The number of methoxy groups -OCH3 is 2. The number of hydrogen-bond donors (Lipinski definition) is 1. The third-order valence-corrected chi connectivity index (χ3v) is 4.51. The van der Waals surface area contributed by atoms with Gasteiger partial charge in [-0.05, 0) is 31.7 Å². The highest BCUT2D eigenvalue weighted by molar-refractivity contribution is 7.85. The van der Waals surface area contributed by atoms with Gasteiger partial charge in [0.1, 0.15) is 11.5 Å². The van der Waals surface area contributed by atoms with E-state index in [1.807, 2.05) is 32.2 Å². The second kappa shape index (κ2) is 8.17. The molecule has 4 nitrogen and oxygen atoms in total. The highest BCUT2D eigenvalue weighted by Gasteiger charge is 2.18. The van der Waals surface area contributed by atoms with Crippen molar-refractivity contribution in [1.29, 1.82) is 0 Å². The largest absolute Gasteiger partial charge is 0.497 e. The summed E-state index contributed by atoms with van der Waals surface area (Å²) in [6, 6.07) is 5.67. The standard InChI is InChI=1S/C14H23NO3S/c1-5-8-19(16)10-13(15-2)12-9-11(17-3)6-7-14(12)18-4/h6-7,9,13,15H,5,8,10H2,1-4H3. The van der Waals surface area contributed by atoms with Crippen LogP contribution in [-0.4, -0.2) is 37.0 Å². The molecule has 0 aromatic heterocycles. The molecule has 108 valence electrons. The fraction of sp³-hybridized carbons (Fsp3) is 0.571. The first kappa shape index (κ1) is 16.0. The fourth-order valence-electron chi connectivity index (χ4n) is 1.94. The summed E-state index contributed by atoms with van der Waals surface area (Å²) < 4.78 is 22.6. The van der Waals surface area contributed by atoms with Gasteiger partial charge >= 0.3 is 0 Å². The Morgan fingerprint density at radius 1 is 1.32 bits per heavy atom. The van der Waals surface area contributed by atoms with Crippen LogP contribution in [0.2, 0.25) is 0 Å². The number of benzene rings is 1. The van der Waals surface area contributed by atoms with Crippen molar-refractivity contribution in [3.05, 3.63) is 23.8 Å². The van der Waals surface area contributed by atoms with Gasteiger partial charge in [0.2, 0.25) is 0 Å². The molecular formula is C14H23NO3S. The van der Waals surface area contributed by atoms with Gasteiger partial charge in [-0.2, -0.15) is 0 Å². The molecule has 2 atom stereocenters. The minimum atomic E-state index is -0.828. The SMILES string of the molecule is CCCS(=O)CC(NC)c1cc(OC)ccc1OC. The second-order valence-electron chi connectivity index (χ2n) is 4.26. The second-order valence-corrected chi connectivity index (χ2v) is 5.88. The molecule has 1 aromatic carbocycles. The van der Waals surface area contributed by atoms with Gasteiger partial charge in [0, 0.05) is 33.9 Å². The molecule has 1 rings (SSSR count). The maximum Gasteiger partial charge on any atom is 0.123 e. The van der Waals surface area contributed by atoms with Crippen molar-refractivity contribution in [1.82, 2.24) is 5.32 Å². The van der Waals surface area contributed by atoms with Crippen LogP contribution >= 0.6 is 0 Å². The molecule has 1 N–H and O–H groups in total. The van der Waals surface area contributed by atoms with Crippen LogP contribution in [0.5, 0.6) is 11.5 Å². The summed E-state index contributed by atoms with van der Waals surface area (Å²) in [6.07, 6.45) is 0.929. The molecule has 1 aromatic rings. The van der Waals surface area contributed by atoms with Gasteiger partial charge in [-0.3, -0.25) is 4.21 Å². The van der Waals surface area contributed by atoms with Gasteiger partial charge < -0.3 is 14.8 Å². The average Bonchev–Trinajstić information content (AvgIpc) is 2.44. The summed E-state index contributed by atoms with van der Waals surface area (Å²) in [7, 11) is 4.31. The monoisotopic (exact) mass is 285 g/mol. The molecule has 0 saturated heterocycles. The average molecular weight is 285 g/mol. The topological polar surface area (TPSA) is 47.6 Å². The van der Waals surface area contributed by atoms with E-state index in [2.05, 4.69) is 5.32 Å². The zero-order valence-corrected chi connectivity index (χ0v) is 12.9. The molecule has 0 spiro atoms. The highest BCUT2D eigenvalue weighted by atomic mass is 32.2. The molecule has 5 heteroatoms. The van der Waals surface area contributed by atoms with E-state index in [4.69, 9.17) is 9.47 Å². The van der Waals surface area contributed by atoms with Crippen molar-refractivity contribution in [3.8, 4) is 11.5 Å². The first-order valence-electron chi connectivity index (χ1n) is 6.40. The Kier molecular flexibility index (Phi) is 6.87. The van der Waals surface area contributed by atoms with E-state index in [1.165, 1.54) is 0 Å². The first-order valence-corrected chi connectivity index (χ1v) is 7.89. The molecule has 0 amide bonds. The van der Waals surface area contributed by atoms with Crippen molar-refractivity contribution >= 4 is 10.8 Å². The summed E-state index contributed by atoms with van der Waals surface area (Å²) >= 11 is 0. The maximum absolute atomic E-state index is 11.9. The third-order valence-electron chi connectivity index (χ3n) is 2.95. The minimum Gasteiger partial charge on any atom is -0.497 e. The zero-order chi connectivity index (χ0) is 14.3. The number of ether oxygens (including phenoxy) is 2. The molecule has 2 unspecified atom stereocenters. The lowest BCUT2D eigenvalue weighted by molar-refractivity contribution is 0.394. The minimum absolute atomic E-state index is 0.00238. The van der Waals surface area contributed by atoms with Crippen molar-refractivity contribution in [2.45, 2.75) is 19.4 Å². The molecule has 0 fully saturated rings. The smallest absolute Gasteiger partial charge is 0.123 e. The van der Waals surface area contributed by atoms with Crippen molar-refractivity contribution in [2.75, 3.05) is 32.8 Å². The summed E-state index contributed by atoms with van der Waals surface area (Å²) in [6.45, 7) is 2.04. The normalized spacial score (nSPS) is 13.9. The van der Waals surface area contributed by atoms with Crippen LogP contribution in [-0.2, 0) is 10.8 Å². The number of hydrogen-bond acceptors (Lipinski definition) is 4. The molecule has 0 bridgehead atoms. The Balaban J connectivity index is 2.98. The summed E-state index contributed by atoms with van der Waals surface area (Å²) in [5.74, 6) is 2.86. The summed E-state index contributed by atoms with van der Waals surface area (Å²) in [5, 5.41) is 3.21. The van der Waals surface area contributed by atoms with Crippen LogP contribution < -0.4 is 14.8 Å². The molecular weight excluding hydrogens is 262 g/mol. The van der Waals surface area contributed by atoms with Crippen LogP contribution in [0, 0.1) is 0 Å². The van der Waals surface area contributed by atoms with E-state index in [0.717, 1.165) is 29.2 Å². The molecule has 19 heavy (non-hydrogen) atoms. The predicted molar refractivity (Wildman–Crippen MR) is 79.5 cm³/mol. The van der Waals surface area contributed by atoms with E-state index in [0.29, 0.717) is 5.75 Å². The van der Waals surface area contributed by atoms with E-state index < -0.39 is 10.8 Å². The van der Waals surface area contributed by atoms with Crippen LogP contribution in [0.15, 0.2) is 18.2 Å².